The largest absolute Gasteiger partial charge is 0.493 e. The van der Waals surface area contributed by atoms with Gasteiger partial charge in [-0.3, -0.25) is 9.59 Å². The van der Waals surface area contributed by atoms with Gasteiger partial charge in [-0.2, -0.15) is 0 Å². The number of carbonyl (C=O) groups excluding carboxylic acids is 2. The summed E-state index contributed by atoms with van der Waals surface area (Å²) in [6.45, 7) is 4.25. The molecule has 86 valence electrons. The van der Waals surface area contributed by atoms with Gasteiger partial charge >= 0.3 is 0 Å². The minimum atomic E-state index is -0.101. The number of allylic oxidation sites excluding steroid dienone is 3. The van der Waals surface area contributed by atoms with E-state index in [1.807, 2.05) is 0 Å². The van der Waals surface area contributed by atoms with Crippen molar-refractivity contribution in [2.75, 3.05) is 7.11 Å². The molecule has 3 nitrogen and oxygen atoms in total. The molecule has 0 fully saturated rings. The molecule has 0 aliphatic heterocycles. The number of ketones is 2. The van der Waals surface area contributed by atoms with Crippen LogP contribution in [-0.2, 0) is 14.3 Å². The van der Waals surface area contributed by atoms with Crippen LogP contribution in [0.3, 0.4) is 0 Å². The normalized spacial score (nSPS) is 30.1. The monoisotopic (exact) mass is 220 g/mol. The lowest BCUT2D eigenvalue weighted by molar-refractivity contribution is -0.118. The fourth-order valence-electron chi connectivity index (χ4n) is 2.34. The highest BCUT2D eigenvalue weighted by atomic mass is 16.5. The third-order valence-corrected chi connectivity index (χ3v) is 3.67. The topological polar surface area (TPSA) is 43.4 Å². The highest BCUT2D eigenvalue weighted by molar-refractivity contribution is 6.22. The van der Waals surface area contributed by atoms with E-state index in [1.54, 1.807) is 0 Å². The van der Waals surface area contributed by atoms with Gasteiger partial charge < -0.3 is 4.74 Å². The lowest BCUT2D eigenvalue weighted by Crippen LogP contribution is -2.28. The highest BCUT2D eigenvalue weighted by Gasteiger charge is 2.35. The average Bonchev–Trinajstić information content (AvgIpc) is 2.26. The summed E-state index contributed by atoms with van der Waals surface area (Å²) >= 11 is 0. The first kappa shape index (κ1) is 11.1. The smallest absolute Gasteiger partial charge is 0.224 e. The number of hydrogen-bond acceptors (Lipinski definition) is 3. The first-order chi connectivity index (χ1) is 7.54. The fourth-order valence-corrected chi connectivity index (χ4v) is 2.34. The molecule has 0 bridgehead atoms. The Hall–Kier alpha value is -1.38. The Kier molecular flexibility index (Phi) is 2.70. The molecular formula is C13H16O3. The Morgan fingerprint density at radius 2 is 1.69 bits per heavy atom. The molecule has 3 heteroatoms. The van der Waals surface area contributed by atoms with Crippen LogP contribution in [0.2, 0.25) is 0 Å². The predicted molar refractivity (Wildman–Crippen MR) is 59.7 cm³/mol. The lowest BCUT2D eigenvalue weighted by atomic mass is 9.73. The molecule has 0 aromatic rings. The summed E-state index contributed by atoms with van der Waals surface area (Å²) in [7, 11) is 1.43. The van der Waals surface area contributed by atoms with Crippen molar-refractivity contribution in [1.29, 1.82) is 0 Å². The van der Waals surface area contributed by atoms with Crippen molar-refractivity contribution in [2.45, 2.75) is 26.7 Å². The van der Waals surface area contributed by atoms with Crippen LogP contribution in [0.15, 0.2) is 23.0 Å². The number of rotatable bonds is 1. The molecule has 2 aliphatic rings. The molecule has 2 aliphatic carbocycles. The molecule has 0 radical (unpaired) electrons. The van der Waals surface area contributed by atoms with Crippen LogP contribution in [0.1, 0.15) is 26.7 Å². The van der Waals surface area contributed by atoms with Gasteiger partial charge in [0.1, 0.15) is 0 Å². The van der Waals surface area contributed by atoms with Gasteiger partial charge in [-0.25, -0.2) is 0 Å². The van der Waals surface area contributed by atoms with Gasteiger partial charge in [-0.15, -0.1) is 0 Å². The summed E-state index contributed by atoms with van der Waals surface area (Å²) in [5, 5.41) is 0. The molecule has 16 heavy (non-hydrogen) atoms. The minimum absolute atomic E-state index is 0.0507. The van der Waals surface area contributed by atoms with Gasteiger partial charge in [0.2, 0.25) is 5.78 Å². The Bertz CT molecular complexity index is 415. The average molecular weight is 220 g/mol. The van der Waals surface area contributed by atoms with E-state index >= 15 is 0 Å². The van der Waals surface area contributed by atoms with Crippen molar-refractivity contribution in [1.82, 2.24) is 0 Å². The predicted octanol–water partition coefficient (Wildman–Crippen LogP) is 2.03. The number of carbonyl (C=O) groups is 2. The Balaban J connectivity index is 2.40. The quantitative estimate of drug-likeness (QED) is 0.635. The zero-order valence-corrected chi connectivity index (χ0v) is 9.87. The third kappa shape index (κ3) is 1.60. The molecule has 0 spiro atoms. The highest BCUT2D eigenvalue weighted by Crippen LogP contribution is 2.37. The molecule has 2 atom stereocenters. The third-order valence-electron chi connectivity index (χ3n) is 3.67. The van der Waals surface area contributed by atoms with Gasteiger partial charge in [-0.1, -0.05) is 13.8 Å². The molecule has 0 saturated carbocycles. The zero-order chi connectivity index (χ0) is 11.9. The van der Waals surface area contributed by atoms with Crippen molar-refractivity contribution in [3.63, 3.8) is 0 Å². The van der Waals surface area contributed by atoms with E-state index in [0.29, 0.717) is 35.8 Å². The van der Waals surface area contributed by atoms with E-state index in [2.05, 4.69) is 13.8 Å². The van der Waals surface area contributed by atoms with E-state index in [0.717, 1.165) is 0 Å². The van der Waals surface area contributed by atoms with Gasteiger partial charge in [0, 0.05) is 17.2 Å². The summed E-state index contributed by atoms with van der Waals surface area (Å²) in [4.78, 5) is 23.8. The summed E-state index contributed by atoms with van der Waals surface area (Å²) < 4.78 is 4.94. The van der Waals surface area contributed by atoms with Crippen molar-refractivity contribution in [3.05, 3.63) is 23.0 Å². The number of Topliss-reactive ketones (excluding diaryl/α,β-unsaturated/α-hetero) is 1. The van der Waals surface area contributed by atoms with Crippen molar-refractivity contribution in [3.8, 4) is 0 Å². The summed E-state index contributed by atoms with van der Waals surface area (Å²) in [6, 6.07) is 0. The molecule has 0 N–H and O–H groups in total. The van der Waals surface area contributed by atoms with Gasteiger partial charge in [0.15, 0.2) is 11.5 Å². The maximum absolute atomic E-state index is 12.0. The van der Waals surface area contributed by atoms with Crippen LogP contribution < -0.4 is 0 Å². The minimum Gasteiger partial charge on any atom is -0.493 e. The van der Waals surface area contributed by atoms with Crippen molar-refractivity contribution >= 4 is 11.6 Å². The Morgan fingerprint density at radius 3 is 2.25 bits per heavy atom. The molecule has 0 saturated heterocycles. The van der Waals surface area contributed by atoms with Crippen LogP contribution in [-0.4, -0.2) is 18.7 Å². The summed E-state index contributed by atoms with van der Waals surface area (Å²) in [5.41, 5.74) is 1.38. The summed E-state index contributed by atoms with van der Waals surface area (Å²) in [6.07, 6.45) is 2.74. The van der Waals surface area contributed by atoms with Crippen LogP contribution in [0.5, 0.6) is 0 Å². The van der Waals surface area contributed by atoms with Crippen LogP contribution >= 0.6 is 0 Å². The molecule has 0 aromatic carbocycles. The van der Waals surface area contributed by atoms with Crippen molar-refractivity contribution < 1.29 is 14.3 Å². The number of methoxy groups -OCH3 is 1. The van der Waals surface area contributed by atoms with Crippen molar-refractivity contribution in [2.24, 2.45) is 11.8 Å². The molecule has 0 heterocycles. The van der Waals surface area contributed by atoms with E-state index < -0.39 is 0 Å². The second-order valence-corrected chi connectivity index (χ2v) is 4.73. The zero-order valence-electron chi connectivity index (χ0n) is 9.87. The van der Waals surface area contributed by atoms with Gasteiger partial charge in [0.05, 0.1) is 7.11 Å². The standard InChI is InChI=1S/C13H16O3/c1-7-4-9-10(5-8(7)2)13(15)12(16-3)6-11(9)14/h6-8H,4-5H2,1-3H3/t7-,8+/m1/s1. The van der Waals surface area contributed by atoms with Crippen LogP contribution in [0.4, 0.5) is 0 Å². The second kappa shape index (κ2) is 3.89. The Labute approximate surface area is 95.2 Å². The number of ether oxygens (including phenoxy) is 1. The van der Waals surface area contributed by atoms with Gasteiger partial charge in [-0.05, 0) is 24.7 Å². The first-order valence-electron chi connectivity index (χ1n) is 5.61. The molecule has 2 rings (SSSR count). The van der Waals surface area contributed by atoms with E-state index in [-0.39, 0.29) is 17.3 Å². The maximum Gasteiger partial charge on any atom is 0.224 e. The van der Waals surface area contributed by atoms with E-state index in [4.69, 9.17) is 4.74 Å². The molecule has 0 aromatic heterocycles. The fraction of sp³-hybridized carbons (Fsp3) is 0.538. The van der Waals surface area contributed by atoms with E-state index in [9.17, 15) is 9.59 Å². The molecule has 0 unspecified atom stereocenters. The molecule has 0 amide bonds. The van der Waals surface area contributed by atoms with Crippen LogP contribution in [0, 0.1) is 11.8 Å². The first-order valence-corrected chi connectivity index (χ1v) is 5.61. The second-order valence-electron chi connectivity index (χ2n) is 4.73. The Morgan fingerprint density at radius 1 is 1.12 bits per heavy atom. The molecular weight excluding hydrogens is 204 g/mol. The van der Waals surface area contributed by atoms with E-state index in [1.165, 1.54) is 13.2 Å². The maximum atomic E-state index is 12.0. The van der Waals surface area contributed by atoms with Crippen LogP contribution in [0.25, 0.3) is 0 Å². The lowest BCUT2D eigenvalue weighted by Gasteiger charge is -2.30. The summed E-state index contributed by atoms with van der Waals surface area (Å²) in [5.74, 6) is 0.950. The SMILES string of the molecule is COC1=CC(=O)C2=C(C[C@H](C)[C@H](C)C2)C1=O. The van der Waals surface area contributed by atoms with Gasteiger partial charge in [0.25, 0.3) is 0 Å². The number of hydrogen-bond donors (Lipinski definition) is 0.